The van der Waals surface area contributed by atoms with Gasteiger partial charge >= 0.3 is 0 Å². The average molecular weight is 241 g/mol. The number of aromatic nitrogens is 1. The van der Waals surface area contributed by atoms with Crippen LogP contribution in [0.25, 0.3) is 10.9 Å². The number of pyridine rings is 1. The van der Waals surface area contributed by atoms with Crippen molar-refractivity contribution in [2.45, 2.75) is 4.90 Å². The van der Waals surface area contributed by atoms with E-state index < -0.39 is 9.73 Å². The summed E-state index contributed by atoms with van der Waals surface area (Å²) in [6.45, 7) is 0. The van der Waals surface area contributed by atoms with E-state index >= 15 is 0 Å². The molecule has 0 aliphatic heterocycles. The lowest BCUT2D eigenvalue weighted by molar-refractivity contribution is 0.679. The molecular formula is C10H9ClN2OS. The number of hydrogen-bond acceptors (Lipinski definition) is 3. The molecule has 1 aromatic heterocycles. The Balaban J connectivity index is 2.81. The summed E-state index contributed by atoms with van der Waals surface area (Å²) in [5.74, 6) is 0. The molecule has 0 amide bonds. The van der Waals surface area contributed by atoms with E-state index in [2.05, 4.69) is 4.98 Å². The number of fused-ring (bicyclic) bond motifs is 1. The van der Waals surface area contributed by atoms with Gasteiger partial charge < -0.3 is 0 Å². The standard InChI is InChI=1S/C10H9ClN2OS/c1-15(12,14)7-2-3-10-8(6-7)9(11)4-5-13-10/h2-6,12H,1H3. The van der Waals surface area contributed by atoms with Gasteiger partial charge in [0.05, 0.1) is 20.3 Å². The van der Waals surface area contributed by atoms with Crippen LogP contribution in [0.5, 0.6) is 0 Å². The average Bonchev–Trinajstić information content (AvgIpc) is 2.16. The molecule has 1 unspecified atom stereocenters. The molecule has 78 valence electrons. The Morgan fingerprint density at radius 3 is 2.80 bits per heavy atom. The Bertz CT molecular complexity index is 622. The van der Waals surface area contributed by atoms with Crippen LogP contribution in [0, 0.1) is 4.78 Å². The molecule has 0 aliphatic rings. The SMILES string of the molecule is CS(=N)(=O)c1ccc2nccc(Cl)c2c1. The minimum absolute atomic E-state index is 0.477. The van der Waals surface area contributed by atoms with Crippen LogP contribution < -0.4 is 0 Å². The van der Waals surface area contributed by atoms with Crippen molar-refractivity contribution in [1.82, 2.24) is 4.98 Å². The minimum atomic E-state index is -2.70. The first-order chi connectivity index (χ1) is 6.98. The van der Waals surface area contributed by atoms with E-state index in [1.807, 2.05) is 0 Å². The van der Waals surface area contributed by atoms with E-state index in [-0.39, 0.29) is 0 Å². The highest BCUT2D eigenvalue weighted by Crippen LogP contribution is 2.24. The first-order valence-electron chi connectivity index (χ1n) is 4.26. The lowest BCUT2D eigenvalue weighted by Gasteiger charge is -2.04. The van der Waals surface area contributed by atoms with Gasteiger partial charge in [-0.05, 0) is 24.3 Å². The van der Waals surface area contributed by atoms with Gasteiger partial charge in [-0.15, -0.1) is 0 Å². The predicted molar refractivity (Wildman–Crippen MR) is 61.8 cm³/mol. The molecule has 0 aliphatic carbocycles. The fourth-order valence-corrected chi connectivity index (χ4v) is 2.21. The fourth-order valence-electron chi connectivity index (χ4n) is 1.33. The van der Waals surface area contributed by atoms with Gasteiger partial charge in [0.2, 0.25) is 0 Å². The molecule has 3 nitrogen and oxygen atoms in total. The highest BCUT2D eigenvalue weighted by molar-refractivity contribution is 7.91. The highest BCUT2D eigenvalue weighted by atomic mass is 35.5. The second-order valence-corrected chi connectivity index (χ2v) is 5.88. The summed E-state index contributed by atoms with van der Waals surface area (Å²) in [6.07, 6.45) is 3.01. The molecule has 0 saturated heterocycles. The van der Waals surface area contributed by atoms with Crippen LogP contribution in [0.15, 0.2) is 35.4 Å². The first-order valence-corrected chi connectivity index (χ1v) is 6.61. The van der Waals surface area contributed by atoms with Crippen molar-refractivity contribution >= 4 is 32.2 Å². The van der Waals surface area contributed by atoms with E-state index in [1.54, 1.807) is 30.5 Å². The molecule has 0 saturated carbocycles. The summed E-state index contributed by atoms with van der Waals surface area (Å²) in [4.78, 5) is 4.60. The van der Waals surface area contributed by atoms with Crippen LogP contribution in [-0.4, -0.2) is 15.4 Å². The molecule has 0 radical (unpaired) electrons. The number of rotatable bonds is 1. The molecule has 1 atom stereocenters. The van der Waals surface area contributed by atoms with Crippen LogP contribution in [0.4, 0.5) is 0 Å². The summed E-state index contributed by atoms with van der Waals surface area (Å²) in [6, 6.07) is 6.73. The molecule has 1 aromatic carbocycles. The van der Waals surface area contributed by atoms with E-state index in [0.29, 0.717) is 9.92 Å². The number of halogens is 1. The van der Waals surface area contributed by atoms with Crippen molar-refractivity contribution in [2.75, 3.05) is 6.26 Å². The van der Waals surface area contributed by atoms with Crippen LogP contribution in [0.3, 0.4) is 0 Å². The van der Waals surface area contributed by atoms with Crippen molar-refractivity contribution in [2.24, 2.45) is 0 Å². The minimum Gasteiger partial charge on any atom is -0.256 e. The zero-order valence-electron chi connectivity index (χ0n) is 8.03. The Morgan fingerprint density at radius 2 is 2.13 bits per heavy atom. The molecule has 2 rings (SSSR count). The Kier molecular flexibility index (Phi) is 2.40. The maximum Gasteiger partial charge on any atom is 0.0717 e. The van der Waals surface area contributed by atoms with Gasteiger partial charge in [-0.3, -0.25) is 4.98 Å². The molecule has 0 fully saturated rings. The fraction of sp³-hybridized carbons (Fsp3) is 0.100. The topological polar surface area (TPSA) is 53.8 Å². The van der Waals surface area contributed by atoms with E-state index in [0.717, 1.165) is 10.9 Å². The summed E-state index contributed by atoms with van der Waals surface area (Å²) in [5.41, 5.74) is 0.745. The number of nitrogens with zero attached hydrogens (tertiary/aromatic N) is 1. The van der Waals surface area contributed by atoms with Gasteiger partial charge in [0.25, 0.3) is 0 Å². The lowest BCUT2D eigenvalue weighted by atomic mass is 10.2. The molecule has 1 N–H and O–H groups in total. The third-order valence-corrected chi connectivity index (χ3v) is 3.59. The maximum absolute atomic E-state index is 11.5. The molecule has 0 bridgehead atoms. The third kappa shape index (κ3) is 1.96. The lowest BCUT2D eigenvalue weighted by Crippen LogP contribution is -1.94. The summed E-state index contributed by atoms with van der Waals surface area (Å²) in [7, 11) is -2.70. The van der Waals surface area contributed by atoms with Crippen LogP contribution in [-0.2, 0) is 9.73 Å². The smallest absolute Gasteiger partial charge is 0.0717 e. The van der Waals surface area contributed by atoms with E-state index in [4.69, 9.17) is 16.4 Å². The van der Waals surface area contributed by atoms with Crippen molar-refractivity contribution in [3.63, 3.8) is 0 Å². The largest absolute Gasteiger partial charge is 0.256 e. The van der Waals surface area contributed by atoms with Crippen molar-refractivity contribution in [3.05, 3.63) is 35.5 Å². The summed E-state index contributed by atoms with van der Waals surface area (Å²) in [5, 5.41) is 1.30. The molecule has 2 aromatic rings. The van der Waals surface area contributed by atoms with Gasteiger partial charge in [-0.2, -0.15) is 0 Å². The molecule has 15 heavy (non-hydrogen) atoms. The molecular weight excluding hydrogens is 232 g/mol. The predicted octanol–water partition coefficient (Wildman–Crippen LogP) is 2.92. The number of benzene rings is 1. The number of hydrogen-bond donors (Lipinski definition) is 1. The molecule has 5 heteroatoms. The molecule has 1 heterocycles. The Labute approximate surface area is 93.1 Å². The normalized spacial score (nSPS) is 15.1. The Morgan fingerprint density at radius 1 is 1.40 bits per heavy atom. The van der Waals surface area contributed by atoms with Gasteiger partial charge in [-0.25, -0.2) is 8.99 Å². The maximum atomic E-state index is 11.5. The van der Waals surface area contributed by atoms with Crippen molar-refractivity contribution in [3.8, 4) is 0 Å². The molecule has 0 spiro atoms. The zero-order chi connectivity index (χ0) is 11.1. The van der Waals surface area contributed by atoms with Crippen LogP contribution >= 0.6 is 11.6 Å². The van der Waals surface area contributed by atoms with E-state index in [1.165, 1.54) is 6.26 Å². The quantitative estimate of drug-likeness (QED) is 0.833. The highest BCUT2D eigenvalue weighted by Gasteiger charge is 2.06. The van der Waals surface area contributed by atoms with Crippen LogP contribution in [0.2, 0.25) is 5.02 Å². The van der Waals surface area contributed by atoms with E-state index in [9.17, 15) is 4.21 Å². The monoisotopic (exact) mass is 240 g/mol. The van der Waals surface area contributed by atoms with Gasteiger partial charge in [-0.1, -0.05) is 11.6 Å². The summed E-state index contributed by atoms with van der Waals surface area (Å²) < 4.78 is 19.0. The van der Waals surface area contributed by atoms with Gasteiger partial charge in [0.15, 0.2) is 0 Å². The summed E-state index contributed by atoms with van der Waals surface area (Å²) >= 11 is 5.99. The first kappa shape index (κ1) is 10.4. The van der Waals surface area contributed by atoms with Crippen molar-refractivity contribution < 1.29 is 4.21 Å². The second kappa shape index (κ2) is 3.47. The van der Waals surface area contributed by atoms with Gasteiger partial charge in [0, 0.05) is 22.7 Å². The van der Waals surface area contributed by atoms with Crippen molar-refractivity contribution in [1.29, 1.82) is 4.78 Å². The van der Waals surface area contributed by atoms with Gasteiger partial charge in [0.1, 0.15) is 0 Å². The second-order valence-electron chi connectivity index (χ2n) is 3.32. The number of nitrogens with one attached hydrogen (secondary N) is 1. The third-order valence-electron chi connectivity index (χ3n) is 2.11. The van der Waals surface area contributed by atoms with Crippen LogP contribution in [0.1, 0.15) is 0 Å². The zero-order valence-corrected chi connectivity index (χ0v) is 9.60. The Hall–Kier alpha value is -1.13.